The van der Waals surface area contributed by atoms with Gasteiger partial charge < -0.3 is 9.47 Å². The standard InChI is InChI=1S/C7H9NO3.C7H12O2/c1-6(2)7(10)11-4-3-8-5-9;1-3-5-6-9-7(8)4-2/h1,3-4H2,2H3;4H,2-3,5-6H2,1H3. The van der Waals surface area contributed by atoms with Crippen molar-refractivity contribution < 1.29 is 23.9 Å². The normalized spacial score (nSPS) is 8.30. The first-order valence-electron chi connectivity index (χ1n) is 6.15. The molecule has 0 aliphatic carbocycles. The van der Waals surface area contributed by atoms with Gasteiger partial charge in [-0.15, -0.1) is 0 Å². The largest absolute Gasteiger partial charge is 0.463 e. The van der Waals surface area contributed by atoms with E-state index in [-0.39, 0.29) is 19.1 Å². The van der Waals surface area contributed by atoms with Crippen molar-refractivity contribution in [3.8, 4) is 0 Å². The quantitative estimate of drug-likeness (QED) is 0.223. The van der Waals surface area contributed by atoms with E-state index in [2.05, 4.69) is 27.6 Å². The molecule has 112 valence electrons. The number of rotatable bonds is 8. The van der Waals surface area contributed by atoms with E-state index in [4.69, 9.17) is 0 Å². The van der Waals surface area contributed by atoms with Crippen molar-refractivity contribution in [1.82, 2.24) is 0 Å². The average molecular weight is 283 g/mol. The zero-order valence-electron chi connectivity index (χ0n) is 12.0. The number of unbranched alkanes of at least 4 members (excludes halogenated alkanes) is 1. The van der Waals surface area contributed by atoms with E-state index >= 15 is 0 Å². The fraction of sp³-hybridized carbons (Fsp3) is 0.500. The molecule has 6 nitrogen and oxygen atoms in total. The molecular formula is C14H21NO5. The molecule has 0 bridgehead atoms. The second-order valence-corrected chi connectivity index (χ2v) is 3.61. The number of isocyanates is 1. The Labute approximate surface area is 119 Å². The third-order valence-corrected chi connectivity index (χ3v) is 1.76. The zero-order chi connectivity index (χ0) is 15.8. The molecule has 0 radical (unpaired) electrons. The summed E-state index contributed by atoms with van der Waals surface area (Å²) in [5, 5.41) is 0. The molecule has 6 heteroatoms. The summed E-state index contributed by atoms with van der Waals surface area (Å²) in [7, 11) is 0. The molecule has 0 N–H and O–H groups in total. The van der Waals surface area contributed by atoms with Crippen molar-refractivity contribution in [2.75, 3.05) is 19.8 Å². The van der Waals surface area contributed by atoms with Gasteiger partial charge in [-0.2, -0.15) is 0 Å². The maximum Gasteiger partial charge on any atom is 0.333 e. The number of esters is 2. The number of nitrogens with zero attached hydrogens (tertiary/aromatic N) is 1. The third-order valence-electron chi connectivity index (χ3n) is 1.76. The maximum atomic E-state index is 10.6. The minimum Gasteiger partial charge on any atom is -0.463 e. The lowest BCUT2D eigenvalue weighted by Gasteiger charge is -1.99. The van der Waals surface area contributed by atoms with Gasteiger partial charge in [0.25, 0.3) is 0 Å². The molecule has 20 heavy (non-hydrogen) atoms. The Bertz CT molecular complexity index is 370. The fourth-order valence-electron chi connectivity index (χ4n) is 0.729. The molecule has 0 saturated carbocycles. The molecule has 0 aromatic carbocycles. The topological polar surface area (TPSA) is 82.0 Å². The Morgan fingerprint density at radius 2 is 1.95 bits per heavy atom. The van der Waals surface area contributed by atoms with Crippen molar-refractivity contribution in [3.63, 3.8) is 0 Å². The predicted molar refractivity (Wildman–Crippen MR) is 74.8 cm³/mol. The van der Waals surface area contributed by atoms with Crippen LogP contribution >= 0.6 is 0 Å². The van der Waals surface area contributed by atoms with Crippen LogP contribution in [0.3, 0.4) is 0 Å². The smallest absolute Gasteiger partial charge is 0.333 e. The highest BCUT2D eigenvalue weighted by Crippen LogP contribution is 1.90. The van der Waals surface area contributed by atoms with E-state index in [9.17, 15) is 14.4 Å². The van der Waals surface area contributed by atoms with E-state index < -0.39 is 5.97 Å². The number of hydrogen-bond acceptors (Lipinski definition) is 6. The van der Waals surface area contributed by atoms with Crippen LogP contribution in [0.1, 0.15) is 26.7 Å². The van der Waals surface area contributed by atoms with Crippen LogP contribution in [0.15, 0.2) is 29.8 Å². The van der Waals surface area contributed by atoms with Gasteiger partial charge in [-0.25, -0.2) is 19.4 Å². The first-order chi connectivity index (χ1) is 9.49. The molecule has 0 atom stereocenters. The highest BCUT2D eigenvalue weighted by molar-refractivity contribution is 5.86. The van der Waals surface area contributed by atoms with Crippen molar-refractivity contribution >= 4 is 18.0 Å². The SMILES string of the molecule is C=C(C)C(=O)OCCN=C=O.C=CC(=O)OCCCC. The lowest BCUT2D eigenvalue weighted by atomic mass is 10.4. The Balaban J connectivity index is 0. The summed E-state index contributed by atoms with van der Waals surface area (Å²) in [6.07, 6.45) is 4.48. The van der Waals surface area contributed by atoms with E-state index in [1.54, 1.807) is 6.92 Å². The lowest BCUT2D eigenvalue weighted by Crippen LogP contribution is -2.07. The molecule has 0 amide bonds. The van der Waals surface area contributed by atoms with Gasteiger partial charge in [-0.05, 0) is 13.3 Å². The van der Waals surface area contributed by atoms with E-state index in [0.29, 0.717) is 12.2 Å². The molecule has 0 unspecified atom stereocenters. The zero-order valence-corrected chi connectivity index (χ0v) is 12.0. The van der Waals surface area contributed by atoms with Crippen molar-refractivity contribution in [1.29, 1.82) is 0 Å². The maximum absolute atomic E-state index is 10.6. The summed E-state index contributed by atoms with van der Waals surface area (Å²) in [6.45, 7) is 11.0. The third kappa shape index (κ3) is 15.8. The van der Waals surface area contributed by atoms with Crippen LogP contribution < -0.4 is 0 Å². The van der Waals surface area contributed by atoms with Crippen LogP contribution in [0.4, 0.5) is 0 Å². The van der Waals surface area contributed by atoms with Crippen molar-refractivity contribution in [3.05, 3.63) is 24.8 Å². The minimum absolute atomic E-state index is 0.0981. The Morgan fingerprint density at radius 3 is 2.40 bits per heavy atom. The minimum atomic E-state index is -0.467. The molecule has 0 saturated heterocycles. The molecule has 0 aromatic heterocycles. The molecule has 0 aliphatic rings. The van der Waals surface area contributed by atoms with E-state index in [1.165, 1.54) is 12.2 Å². The van der Waals surface area contributed by atoms with Crippen LogP contribution in [0.2, 0.25) is 0 Å². The predicted octanol–water partition coefficient (Wildman–Crippen LogP) is 1.96. The van der Waals surface area contributed by atoms with Crippen LogP contribution in [-0.2, 0) is 23.9 Å². The summed E-state index contributed by atoms with van der Waals surface area (Å²) in [5.41, 5.74) is 0.333. The molecule has 0 aliphatic heterocycles. The highest BCUT2D eigenvalue weighted by atomic mass is 16.5. The molecule has 0 fully saturated rings. The highest BCUT2D eigenvalue weighted by Gasteiger charge is 2.00. The van der Waals surface area contributed by atoms with Gasteiger partial charge in [-0.1, -0.05) is 26.5 Å². The molecule has 0 heterocycles. The Morgan fingerprint density at radius 1 is 1.30 bits per heavy atom. The molecule has 0 spiro atoms. The molecule has 0 aromatic rings. The first-order valence-corrected chi connectivity index (χ1v) is 6.15. The number of ether oxygens (including phenoxy) is 2. The van der Waals surface area contributed by atoms with Gasteiger partial charge in [-0.3, -0.25) is 0 Å². The van der Waals surface area contributed by atoms with Crippen LogP contribution in [0.5, 0.6) is 0 Å². The average Bonchev–Trinajstić information content (AvgIpc) is 2.44. The van der Waals surface area contributed by atoms with Crippen LogP contribution in [0.25, 0.3) is 0 Å². The van der Waals surface area contributed by atoms with E-state index in [0.717, 1.165) is 12.8 Å². The lowest BCUT2D eigenvalue weighted by molar-refractivity contribution is -0.139. The number of hydrogen-bond donors (Lipinski definition) is 0. The van der Waals surface area contributed by atoms with E-state index in [1.807, 2.05) is 6.92 Å². The molecular weight excluding hydrogens is 262 g/mol. The van der Waals surface area contributed by atoms with Gasteiger partial charge in [0.2, 0.25) is 6.08 Å². The van der Waals surface area contributed by atoms with Gasteiger partial charge >= 0.3 is 11.9 Å². The van der Waals surface area contributed by atoms with Crippen LogP contribution in [0, 0.1) is 0 Å². The van der Waals surface area contributed by atoms with Gasteiger partial charge in [0.1, 0.15) is 6.61 Å². The van der Waals surface area contributed by atoms with Crippen molar-refractivity contribution in [2.45, 2.75) is 26.7 Å². The summed E-state index contributed by atoms with van der Waals surface area (Å²) in [5.74, 6) is -0.797. The van der Waals surface area contributed by atoms with Crippen LogP contribution in [-0.4, -0.2) is 37.8 Å². The number of aliphatic imine (C=N–C) groups is 1. The Kier molecular flexibility index (Phi) is 15.0. The summed E-state index contributed by atoms with van der Waals surface area (Å²) < 4.78 is 9.27. The van der Waals surface area contributed by atoms with Gasteiger partial charge in [0.15, 0.2) is 0 Å². The summed E-state index contributed by atoms with van der Waals surface area (Å²) >= 11 is 0. The summed E-state index contributed by atoms with van der Waals surface area (Å²) in [4.78, 5) is 33.7. The Hall–Kier alpha value is -2.20. The fourth-order valence-corrected chi connectivity index (χ4v) is 0.729. The van der Waals surface area contributed by atoms with Gasteiger partial charge in [0.05, 0.1) is 13.2 Å². The monoisotopic (exact) mass is 283 g/mol. The first kappa shape index (κ1) is 20.1. The number of carbonyl (C=O) groups is 2. The van der Waals surface area contributed by atoms with Crippen molar-refractivity contribution in [2.24, 2.45) is 4.99 Å². The second-order valence-electron chi connectivity index (χ2n) is 3.61. The second kappa shape index (κ2) is 14.9. The summed E-state index contributed by atoms with van der Waals surface area (Å²) in [6, 6.07) is 0. The van der Waals surface area contributed by atoms with Gasteiger partial charge in [0, 0.05) is 11.6 Å². The molecule has 0 rings (SSSR count). The number of carbonyl (C=O) groups excluding carboxylic acids is 3.